The highest BCUT2D eigenvalue weighted by Crippen LogP contribution is 2.35. The summed E-state index contributed by atoms with van der Waals surface area (Å²) in [6, 6.07) is 7.09. The largest absolute Gasteiger partial charge is 0.497 e. The number of carbonyl (C=O) groups is 1. The summed E-state index contributed by atoms with van der Waals surface area (Å²) in [5.41, 5.74) is 1.27. The molecule has 33 heavy (non-hydrogen) atoms. The second kappa shape index (κ2) is 10.5. The Morgan fingerprint density at radius 3 is 3.00 bits per heavy atom. The topological polar surface area (TPSA) is 88.7 Å². The number of carboxylic acid groups (broad SMARTS) is 1. The van der Waals surface area contributed by atoms with Gasteiger partial charge in [0.25, 0.3) is 5.89 Å². The zero-order chi connectivity index (χ0) is 23.2. The van der Waals surface area contributed by atoms with Crippen molar-refractivity contribution < 1.29 is 23.4 Å². The van der Waals surface area contributed by atoms with Gasteiger partial charge in [-0.1, -0.05) is 5.92 Å². The molecule has 0 saturated carbocycles. The lowest BCUT2D eigenvalue weighted by atomic mass is 9.81. The van der Waals surface area contributed by atoms with Gasteiger partial charge in [0.15, 0.2) is 0 Å². The van der Waals surface area contributed by atoms with E-state index in [1.54, 1.807) is 31.5 Å². The standard InChI is InChI=1S/C25H26FN3O4/c1-32-18-5-7-23-20(15-18)19(8-10-27-23)22(26)6-4-17-9-13-29(16-21(17)25(30)31)12-2-3-24-28-11-14-33-24/h5,7-8,10-11,14-15,17,21-22H,4,6,9,12-13,16H2,1H3,(H,30,31)/t17-,21+,22-/m1/s1. The number of piperidine rings is 1. The molecule has 3 atom stereocenters. The van der Waals surface area contributed by atoms with Crippen molar-refractivity contribution in [3.05, 3.63) is 54.4 Å². The van der Waals surface area contributed by atoms with Gasteiger partial charge in [0.1, 0.15) is 18.2 Å². The molecule has 7 nitrogen and oxygen atoms in total. The third kappa shape index (κ3) is 5.49. The number of carboxylic acids is 1. The van der Waals surface area contributed by atoms with Crippen molar-refractivity contribution in [3.63, 3.8) is 0 Å². The lowest BCUT2D eigenvalue weighted by molar-refractivity contribution is -0.146. The highest BCUT2D eigenvalue weighted by Gasteiger charge is 2.34. The molecule has 0 amide bonds. The molecule has 1 fully saturated rings. The van der Waals surface area contributed by atoms with E-state index < -0.39 is 18.1 Å². The van der Waals surface area contributed by atoms with Crippen LogP contribution in [0.2, 0.25) is 0 Å². The molecule has 3 heterocycles. The number of hydrogen-bond acceptors (Lipinski definition) is 6. The van der Waals surface area contributed by atoms with Crippen LogP contribution in [0, 0.1) is 23.7 Å². The van der Waals surface area contributed by atoms with Gasteiger partial charge in [-0.2, -0.15) is 0 Å². The molecule has 1 saturated heterocycles. The molecule has 3 aromatic rings. The van der Waals surface area contributed by atoms with E-state index in [1.807, 2.05) is 11.0 Å². The summed E-state index contributed by atoms with van der Waals surface area (Å²) >= 11 is 0. The van der Waals surface area contributed by atoms with Crippen LogP contribution in [-0.4, -0.2) is 52.7 Å². The number of aliphatic carboxylic acids is 1. The Bertz CT molecular complexity index is 1160. The van der Waals surface area contributed by atoms with Crippen molar-refractivity contribution in [1.82, 2.24) is 14.9 Å². The predicted molar refractivity (Wildman–Crippen MR) is 120 cm³/mol. The molecule has 1 N–H and O–H groups in total. The second-order valence-corrected chi connectivity index (χ2v) is 8.20. The van der Waals surface area contributed by atoms with Crippen molar-refractivity contribution in [2.45, 2.75) is 25.4 Å². The minimum absolute atomic E-state index is 0.0839. The van der Waals surface area contributed by atoms with Crippen LogP contribution in [0.4, 0.5) is 4.39 Å². The first-order valence-corrected chi connectivity index (χ1v) is 11.0. The van der Waals surface area contributed by atoms with Crippen LogP contribution in [0.3, 0.4) is 0 Å². The predicted octanol–water partition coefficient (Wildman–Crippen LogP) is 4.10. The molecular weight excluding hydrogens is 425 g/mol. The van der Waals surface area contributed by atoms with Crippen molar-refractivity contribution in [2.24, 2.45) is 11.8 Å². The smallest absolute Gasteiger partial charge is 0.308 e. The molecule has 1 aromatic carbocycles. The maximum atomic E-state index is 15.3. The minimum atomic E-state index is -1.21. The fourth-order valence-electron chi connectivity index (χ4n) is 4.41. The normalized spacial score (nSPS) is 19.6. The van der Waals surface area contributed by atoms with Crippen molar-refractivity contribution >= 4 is 16.9 Å². The van der Waals surface area contributed by atoms with Gasteiger partial charge in [0.2, 0.25) is 0 Å². The molecule has 1 aliphatic rings. The highest BCUT2D eigenvalue weighted by molar-refractivity contribution is 5.83. The van der Waals surface area contributed by atoms with Gasteiger partial charge in [0, 0.05) is 18.1 Å². The highest BCUT2D eigenvalue weighted by atomic mass is 19.1. The number of oxazole rings is 1. The summed E-state index contributed by atoms with van der Waals surface area (Å²) in [5, 5.41) is 10.5. The van der Waals surface area contributed by atoms with Crippen LogP contribution in [0.15, 0.2) is 47.3 Å². The van der Waals surface area contributed by atoms with Crippen LogP contribution in [-0.2, 0) is 4.79 Å². The van der Waals surface area contributed by atoms with Crippen molar-refractivity contribution in [3.8, 4) is 17.6 Å². The molecule has 2 aromatic heterocycles. The van der Waals surface area contributed by atoms with Crippen molar-refractivity contribution in [2.75, 3.05) is 26.7 Å². The summed E-state index contributed by atoms with van der Waals surface area (Å²) in [4.78, 5) is 22.2. The number of hydrogen-bond donors (Lipinski definition) is 1. The zero-order valence-electron chi connectivity index (χ0n) is 18.4. The van der Waals surface area contributed by atoms with Crippen LogP contribution in [0.5, 0.6) is 5.75 Å². The number of methoxy groups -OCH3 is 1. The number of nitrogens with zero attached hydrogens (tertiary/aromatic N) is 3. The van der Waals surface area contributed by atoms with Gasteiger partial charge in [0.05, 0.1) is 31.3 Å². The quantitative estimate of drug-likeness (QED) is 0.541. The number of rotatable bonds is 7. The molecular formula is C25H26FN3O4. The average Bonchev–Trinajstić information content (AvgIpc) is 3.35. The molecule has 0 unspecified atom stereocenters. The summed E-state index contributed by atoms with van der Waals surface area (Å²) in [6.45, 7) is 1.56. The molecule has 8 heteroatoms. The van der Waals surface area contributed by atoms with Gasteiger partial charge in [-0.25, -0.2) is 9.37 Å². The summed E-state index contributed by atoms with van der Waals surface area (Å²) in [7, 11) is 1.57. The number of ether oxygens (including phenoxy) is 1. The second-order valence-electron chi connectivity index (χ2n) is 8.20. The first-order chi connectivity index (χ1) is 16.0. The van der Waals surface area contributed by atoms with E-state index in [-0.39, 0.29) is 12.3 Å². The third-order valence-corrected chi connectivity index (χ3v) is 6.20. The fourth-order valence-corrected chi connectivity index (χ4v) is 4.41. The van der Waals surface area contributed by atoms with E-state index in [0.29, 0.717) is 48.7 Å². The Kier molecular flexibility index (Phi) is 7.20. The summed E-state index contributed by atoms with van der Waals surface area (Å²) in [6.07, 6.45) is 4.83. The van der Waals surface area contributed by atoms with E-state index in [1.165, 1.54) is 12.5 Å². The zero-order valence-corrected chi connectivity index (χ0v) is 18.4. The first-order valence-electron chi connectivity index (χ1n) is 11.0. The van der Waals surface area contributed by atoms with E-state index in [2.05, 4.69) is 21.8 Å². The lowest BCUT2D eigenvalue weighted by Crippen LogP contribution is -2.44. The van der Waals surface area contributed by atoms with E-state index in [9.17, 15) is 9.90 Å². The van der Waals surface area contributed by atoms with E-state index >= 15 is 4.39 Å². The molecule has 172 valence electrons. The number of likely N-dealkylation sites (tertiary alicyclic amines) is 1. The molecule has 1 aliphatic heterocycles. The van der Waals surface area contributed by atoms with Gasteiger partial charge in [-0.05, 0) is 67.5 Å². The number of halogens is 1. The Balaban J connectivity index is 1.38. The third-order valence-electron chi connectivity index (χ3n) is 6.20. The summed E-state index contributed by atoms with van der Waals surface area (Å²) in [5.74, 6) is 5.31. The van der Waals surface area contributed by atoms with Crippen molar-refractivity contribution in [1.29, 1.82) is 0 Å². The maximum absolute atomic E-state index is 15.3. The maximum Gasteiger partial charge on any atom is 0.308 e. The van der Waals surface area contributed by atoms with Crippen LogP contribution >= 0.6 is 0 Å². The Morgan fingerprint density at radius 2 is 2.24 bits per heavy atom. The van der Waals surface area contributed by atoms with Gasteiger partial charge < -0.3 is 14.3 Å². The summed E-state index contributed by atoms with van der Waals surface area (Å²) < 4.78 is 25.7. The van der Waals surface area contributed by atoms with Gasteiger partial charge >= 0.3 is 5.97 Å². The van der Waals surface area contributed by atoms with Crippen LogP contribution < -0.4 is 4.74 Å². The SMILES string of the molecule is COc1ccc2nccc([C@H](F)CC[C@@H]3CCN(CC#Cc4ncco4)C[C@@H]3C(=O)O)c2c1. The van der Waals surface area contributed by atoms with Gasteiger partial charge in [-0.3, -0.25) is 14.7 Å². The molecule has 0 bridgehead atoms. The van der Waals surface area contributed by atoms with Gasteiger partial charge in [-0.15, -0.1) is 0 Å². The first kappa shape index (κ1) is 22.7. The number of benzene rings is 1. The monoisotopic (exact) mass is 451 g/mol. The molecule has 0 radical (unpaired) electrons. The van der Waals surface area contributed by atoms with E-state index in [4.69, 9.17) is 9.15 Å². The Morgan fingerprint density at radius 1 is 1.36 bits per heavy atom. The van der Waals surface area contributed by atoms with E-state index in [0.717, 1.165) is 11.9 Å². The fraction of sp³-hybridized carbons (Fsp3) is 0.400. The number of aromatic nitrogens is 2. The molecule has 0 spiro atoms. The Labute approximate surface area is 191 Å². The number of alkyl halides is 1. The lowest BCUT2D eigenvalue weighted by Gasteiger charge is -2.35. The average molecular weight is 451 g/mol. The van der Waals surface area contributed by atoms with Crippen LogP contribution in [0.25, 0.3) is 10.9 Å². The number of pyridine rings is 1. The Hall–Kier alpha value is -3.44. The molecule has 0 aliphatic carbocycles. The molecule has 4 rings (SSSR count). The number of fused-ring (bicyclic) bond motifs is 1. The van der Waals surface area contributed by atoms with Crippen LogP contribution in [0.1, 0.15) is 36.9 Å². The minimum Gasteiger partial charge on any atom is -0.497 e.